The van der Waals surface area contributed by atoms with Gasteiger partial charge in [0.1, 0.15) is 0 Å². The van der Waals surface area contributed by atoms with Gasteiger partial charge in [-0.05, 0) is 63.2 Å². The van der Waals surface area contributed by atoms with E-state index in [0.717, 1.165) is 44.5 Å². The highest BCUT2D eigenvalue weighted by molar-refractivity contribution is 7.18. The molecule has 27 heavy (non-hydrogen) atoms. The zero-order chi connectivity index (χ0) is 19.0. The Labute approximate surface area is 166 Å². The Bertz CT molecular complexity index is 753. The minimum absolute atomic E-state index is 0.00110. The van der Waals surface area contributed by atoms with Crippen molar-refractivity contribution in [1.82, 2.24) is 14.8 Å². The molecule has 0 aliphatic carbocycles. The van der Waals surface area contributed by atoms with Crippen LogP contribution in [-0.4, -0.2) is 52.9 Å². The fourth-order valence-corrected chi connectivity index (χ4v) is 6.00. The zero-order valence-electron chi connectivity index (χ0n) is 16.7. The van der Waals surface area contributed by atoms with Gasteiger partial charge in [-0.2, -0.15) is 0 Å². The lowest BCUT2D eigenvalue weighted by molar-refractivity contribution is -0.139. The Morgan fingerprint density at radius 1 is 1.15 bits per heavy atom. The maximum absolute atomic E-state index is 13.0. The molecule has 5 heteroatoms. The largest absolute Gasteiger partial charge is 0.341 e. The van der Waals surface area contributed by atoms with Crippen LogP contribution in [0.5, 0.6) is 0 Å². The van der Waals surface area contributed by atoms with Crippen molar-refractivity contribution in [1.29, 1.82) is 0 Å². The summed E-state index contributed by atoms with van der Waals surface area (Å²) in [4.78, 5) is 22.4. The van der Waals surface area contributed by atoms with Crippen LogP contribution in [0.1, 0.15) is 51.0 Å². The molecule has 1 aromatic carbocycles. The summed E-state index contributed by atoms with van der Waals surface area (Å²) in [5.41, 5.74) is 1.12. The number of aromatic nitrogens is 1. The van der Waals surface area contributed by atoms with E-state index in [0.29, 0.717) is 23.7 Å². The standard InChI is InChI=1S/C22H31N3OS/c1-15-12-16(2)14-25(13-15)22(26)17(3)24-10-8-18(9-11-24)21-23-19-6-4-5-7-20(19)27-21/h4-7,15-18H,8-14H2,1-3H3/t15-,16-,17-/m1/s1. The van der Waals surface area contributed by atoms with E-state index in [9.17, 15) is 4.79 Å². The maximum Gasteiger partial charge on any atom is 0.239 e. The van der Waals surface area contributed by atoms with Gasteiger partial charge in [0.25, 0.3) is 0 Å². The third kappa shape index (κ3) is 4.04. The molecule has 1 amide bonds. The summed E-state index contributed by atoms with van der Waals surface area (Å²) < 4.78 is 1.28. The fraction of sp³-hybridized carbons (Fsp3) is 0.636. The second kappa shape index (κ2) is 7.88. The zero-order valence-corrected chi connectivity index (χ0v) is 17.5. The molecule has 2 saturated heterocycles. The summed E-state index contributed by atoms with van der Waals surface area (Å²) in [5.74, 6) is 2.10. The third-order valence-corrected chi connectivity index (χ3v) is 7.47. The topological polar surface area (TPSA) is 36.4 Å². The van der Waals surface area contributed by atoms with E-state index in [1.807, 2.05) is 11.3 Å². The molecule has 0 N–H and O–H groups in total. The third-order valence-electron chi connectivity index (χ3n) is 6.27. The summed E-state index contributed by atoms with van der Waals surface area (Å²) in [6, 6.07) is 8.41. The molecule has 0 spiro atoms. The van der Waals surface area contributed by atoms with Crippen LogP contribution in [0, 0.1) is 11.8 Å². The predicted molar refractivity (Wildman–Crippen MR) is 112 cm³/mol. The maximum atomic E-state index is 13.0. The van der Waals surface area contributed by atoms with Crippen LogP contribution in [-0.2, 0) is 4.79 Å². The SMILES string of the molecule is C[C@@H]1C[C@@H](C)CN(C(=O)[C@@H](C)N2CCC(c3nc4ccccc4s3)CC2)C1. The first kappa shape index (κ1) is 18.9. The first-order chi connectivity index (χ1) is 13.0. The van der Waals surface area contributed by atoms with E-state index in [1.54, 1.807) is 0 Å². The quantitative estimate of drug-likeness (QED) is 0.787. The van der Waals surface area contributed by atoms with Gasteiger partial charge in [-0.1, -0.05) is 26.0 Å². The number of piperidine rings is 2. The average molecular weight is 386 g/mol. The number of nitrogens with zero attached hydrogens (tertiary/aromatic N) is 3. The monoisotopic (exact) mass is 385 g/mol. The molecule has 4 nitrogen and oxygen atoms in total. The summed E-state index contributed by atoms with van der Waals surface area (Å²) in [6.45, 7) is 10.5. The van der Waals surface area contributed by atoms with Crippen molar-refractivity contribution >= 4 is 27.5 Å². The second-order valence-corrected chi connectivity index (χ2v) is 9.76. The number of thiazole rings is 1. The number of likely N-dealkylation sites (tertiary alicyclic amines) is 2. The molecule has 0 unspecified atom stereocenters. The number of carbonyl (C=O) groups is 1. The number of rotatable bonds is 3. The highest BCUT2D eigenvalue weighted by Crippen LogP contribution is 2.34. The van der Waals surface area contributed by atoms with Gasteiger partial charge in [-0.3, -0.25) is 9.69 Å². The molecule has 2 aromatic rings. The first-order valence-corrected chi connectivity index (χ1v) is 11.2. The predicted octanol–water partition coefficient (Wildman–Crippen LogP) is 4.37. The Balaban J connectivity index is 1.36. The van der Waals surface area contributed by atoms with Crippen molar-refractivity contribution in [2.45, 2.75) is 52.0 Å². The molecule has 2 aliphatic heterocycles. The van der Waals surface area contributed by atoms with E-state index in [4.69, 9.17) is 4.98 Å². The van der Waals surface area contributed by atoms with Gasteiger partial charge in [-0.25, -0.2) is 4.98 Å². The van der Waals surface area contributed by atoms with Gasteiger partial charge in [0, 0.05) is 19.0 Å². The van der Waals surface area contributed by atoms with Gasteiger partial charge >= 0.3 is 0 Å². The highest BCUT2D eigenvalue weighted by atomic mass is 32.1. The molecule has 2 fully saturated rings. The van der Waals surface area contributed by atoms with E-state index in [-0.39, 0.29) is 6.04 Å². The number of carbonyl (C=O) groups excluding carboxylic acids is 1. The van der Waals surface area contributed by atoms with E-state index in [1.165, 1.54) is 16.1 Å². The Kier molecular flexibility index (Phi) is 5.51. The number of hydrogen-bond acceptors (Lipinski definition) is 4. The van der Waals surface area contributed by atoms with E-state index in [2.05, 4.69) is 54.8 Å². The molecule has 1 aromatic heterocycles. The van der Waals surface area contributed by atoms with E-state index >= 15 is 0 Å². The van der Waals surface area contributed by atoms with Crippen molar-refractivity contribution in [2.24, 2.45) is 11.8 Å². The van der Waals surface area contributed by atoms with Gasteiger partial charge in [0.05, 0.1) is 21.3 Å². The van der Waals surface area contributed by atoms with Crippen LogP contribution in [0.4, 0.5) is 0 Å². The van der Waals surface area contributed by atoms with Crippen LogP contribution < -0.4 is 0 Å². The first-order valence-electron chi connectivity index (χ1n) is 10.4. The number of fused-ring (bicyclic) bond motifs is 1. The molecular formula is C22H31N3OS. The van der Waals surface area contributed by atoms with Gasteiger partial charge in [0.2, 0.25) is 5.91 Å². The fourth-order valence-electron chi connectivity index (χ4n) is 4.86. The Morgan fingerprint density at radius 2 is 1.81 bits per heavy atom. The van der Waals surface area contributed by atoms with Gasteiger partial charge in [0.15, 0.2) is 0 Å². The van der Waals surface area contributed by atoms with Crippen LogP contribution in [0.3, 0.4) is 0 Å². The molecule has 3 atom stereocenters. The van der Waals surface area contributed by atoms with E-state index < -0.39 is 0 Å². The van der Waals surface area contributed by atoms with Crippen LogP contribution in [0.15, 0.2) is 24.3 Å². The number of amides is 1. The van der Waals surface area contributed by atoms with Crippen molar-refractivity contribution in [3.05, 3.63) is 29.3 Å². The van der Waals surface area contributed by atoms with Crippen LogP contribution >= 0.6 is 11.3 Å². The van der Waals surface area contributed by atoms with Crippen LogP contribution in [0.25, 0.3) is 10.2 Å². The van der Waals surface area contributed by atoms with Gasteiger partial charge < -0.3 is 4.90 Å². The second-order valence-electron chi connectivity index (χ2n) is 8.70. The number of hydrogen-bond donors (Lipinski definition) is 0. The summed E-state index contributed by atoms with van der Waals surface area (Å²) >= 11 is 1.84. The molecular weight excluding hydrogens is 354 g/mol. The minimum atomic E-state index is -0.00110. The normalized spacial score (nSPS) is 26.4. The van der Waals surface area contributed by atoms with Crippen molar-refractivity contribution in [3.63, 3.8) is 0 Å². The van der Waals surface area contributed by atoms with Crippen LogP contribution in [0.2, 0.25) is 0 Å². The Morgan fingerprint density at radius 3 is 2.48 bits per heavy atom. The molecule has 3 heterocycles. The molecule has 0 saturated carbocycles. The Hall–Kier alpha value is -1.46. The van der Waals surface area contributed by atoms with Crippen molar-refractivity contribution in [3.8, 4) is 0 Å². The lowest BCUT2D eigenvalue weighted by atomic mass is 9.91. The van der Waals surface area contributed by atoms with Gasteiger partial charge in [-0.15, -0.1) is 11.3 Å². The lowest BCUT2D eigenvalue weighted by Gasteiger charge is -2.40. The van der Waals surface area contributed by atoms with Crippen molar-refractivity contribution < 1.29 is 4.79 Å². The number of benzene rings is 1. The smallest absolute Gasteiger partial charge is 0.239 e. The molecule has 146 valence electrons. The average Bonchev–Trinajstić information content (AvgIpc) is 3.10. The summed E-state index contributed by atoms with van der Waals surface area (Å²) in [6.07, 6.45) is 3.44. The molecule has 2 aliphatic rings. The highest BCUT2D eigenvalue weighted by Gasteiger charge is 2.33. The number of para-hydroxylation sites is 1. The minimum Gasteiger partial charge on any atom is -0.341 e. The summed E-state index contributed by atoms with van der Waals surface area (Å²) in [5, 5.41) is 1.27. The molecule has 0 radical (unpaired) electrons. The lowest BCUT2D eigenvalue weighted by Crippen LogP contribution is -2.52. The van der Waals surface area contributed by atoms with Crippen molar-refractivity contribution in [2.75, 3.05) is 26.2 Å². The molecule has 0 bridgehead atoms. The molecule has 4 rings (SSSR count). The summed E-state index contributed by atoms with van der Waals surface area (Å²) in [7, 11) is 0.